The third-order valence-electron chi connectivity index (χ3n) is 3.21. The van der Waals surface area contributed by atoms with E-state index in [-0.39, 0.29) is 6.03 Å². The number of ether oxygens (including phenoxy) is 1. The van der Waals surface area contributed by atoms with E-state index >= 15 is 0 Å². The molecule has 1 N–H and O–H groups in total. The summed E-state index contributed by atoms with van der Waals surface area (Å²) < 4.78 is 8.49. The lowest BCUT2D eigenvalue weighted by Gasteiger charge is -2.21. The maximum Gasteiger partial charge on any atom is 0.323 e. The monoisotopic (exact) mass is 321 g/mol. The van der Waals surface area contributed by atoms with Gasteiger partial charge >= 0.3 is 6.03 Å². The standard InChI is InChI=1S/C14H23N7O2/c1-4-5-21-11-13(17-18-21)16-14(22)20(6-7-23-3)10-12-8-15-19(2)9-12/h8-9,11H,4-7,10H2,1-3H3,(H,16,22). The summed E-state index contributed by atoms with van der Waals surface area (Å²) in [6.07, 6.45) is 6.30. The Morgan fingerprint density at radius 2 is 2.26 bits per heavy atom. The SMILES string of the molecule is CCCn1cc(NC(=O)N(CCOC)Cc2cnn(C)c2)nn1. The Morgan fingerprint density at radius 3 is 2.91 bits per heavy atom. The molecule has 0 atom stereocenters. The zero-order valence-corrected chi connectivity index (χ0v) is 13.8. The third kappa shape index (κ3) is 5.06. The van der Waals surface area contributed by atoms with Gasteiger partial charge in [-0.25, -0.2) is 4.79 Å². The molecule has 2 heterocycles. The quantitative estimate of drug-likeness (QED) is 0.786. The molecular formula is C14H23N7O2. The maximum atomic E-state index is 12.5. The van der Waals surface area contributed by atoms with Crippen molar-refractivity contribution in [1.29, 1.82) is 0 Å². The van der Waals surface area contributed by atoms with Crippen molar-refractivity contribution in [2.45, 2.75) is 26.4 Å². The van der Waals surface area contributed by atoms with Crippen LogP contribution in [0.3, 0.4) is 0 Å². The van der Waals surface area contributed by atoms with Crippen molar-refractivity contribution < 1.29 is 9.53 Å². The second kappa shape index (κ2) is 8.28. The highest BCUT2D eigenvalue weighted by Gasteiger charge is 2.16. The van der Waals surface area contributed by atoms with Crippen molar-refractivity contribution in [3.8, 4) is 0 Å². The highest BCUT2D eigenvalue weighted by molar-refractivity contribution is 5.88. The van der Waals surface area contributed by atoms with E-state index in [2.05, 4.69) is 27.7 Å². The minimum atomic E-state index is -0.241. The van der Waals surface area contributed by atoms with Gasteiger partial charge in [0.05, 0.1) is 25.5 Å². The van der Waals surface area contributed by atoms with Crippen LogP contribution in [0, 0.1) is 0 Å². The second-order valence-corrected chi connectivity index (χ2v) is 5.23. The van der Waals surface area contributed by atoms with Crippen molar-refractivity contribution in [3.63, 3.8) is 0 Å². The van der Waals surface area contributed by atoms with E-state index in [1.807, 2.05) is 13.2 Å². The van der Waals surface area contributed by atoms with Crippen LogP contribution < -0.4 is 5.32 Å². The molecule has 2 rings (SSSR count). The van der Waals surface area contributed by atoms with Crippen molar-refractivity contribution in [3.05, 3.63) is 24.2 Å². The van der Waals surface area contributed by atoms with Gasteiger partial charge in [-0.05, 0) is 6.42 Å². The van der Waals surface area contributed by atoms with Crippen LogP contribution in [0.2, 0.25) is 0 Å². The van der Waals surface area contributed by atoms with Gasteiger partial charge in [-0.3, -0.25) is 14.7 Å². The predicted octanol–water partition coefficient (Wildman–Crippen LogP) is 1.10. The molecule has 0 aliphatic heterocycles. The Hall–Kier alpha value is -2.42. The number of urea groups is 1. The zero-order chi connectivity index (χ0) is 16.7. The average molecular weight is 321 g/mol. The minimum Gasteiger partial charge on any atom is -0.383 e. The first kappa shape index (κ1) is 16.9. The molecule has 2 aromatic rings. The van der Waals surface area contributed by atoms with Gasteiger partial charge in [0, 0.05) is 39.0 Å². The fraction of sp³-hybridized carbons (Fsp3) is 0.571. The van der Waals surface area contributed by atoms with Gasteiger partial charge in [0.2, 0.25) is 0 Å². The molecule has 126 valence electrons. The van der Waals surface area contributed by atoms with Crippen LogP contribution >= 0.6 is 0 Å². The lowest BCUT2D eigenvalue weighted by atomic mass is 10.3. The number of methoxy groups -OCH3 is 1. The van der Waals surface area contributed by atoms with Crippen LogP contribution in [0.15, 0.2) is 18.6 Å². The number of hydrogen-bond acceptors (Lipinski definition) is 5. The summed E-state index contributed by atoms with van der Waals surface area (Å²) in [5.41, 5.74) is 0.952. The predicted molar refractivity (Wildman–Crippen MR) is 84.8 cm³/mol. The minimum absolute atomic E-state index is 0.241. The van der Waals surface area contributed by atoms with Crippen molar-refractivity contribution in [1.82, 2.24) is 29.7 Å². The lowest BCUT2D eigenvalue weighted by molar-refractivity contribution is 0.152. The number of carbonyl (C=O) groups is 1. The first-order valence-corrected chi connectivity index (χ1v) is 7.55. The van der Waals surface area contributed by atoms with Gasteiger partial charge in [0.15, 0.2) is 5.82 Å². The number of carbonyl (C=O) groups excluding carboxylic acids is 1. The molecule has 0 saturated heterocycles. The molecule has 0 aliphatic carbocycles. The number of anilines is 1. The summed E-state index contributed by atoms with van der Waals surface area (Å²) in [6, 6.07) is -0.241. The van der Waals surface area contributed by atoms with Gasteiger partial charge < -0.3 is 9.64 Å². The molecule has 0 aliphatic rings. The van der Waals surface area contributed by atoms with Crippen LogP contribution in [-0.2, 0) is 24.9 Å². The van der Waals surface area contributed by atoms with E-state index < -0.39 is 0 Å². The second-order valence-electron chi connectivity index (χ2n) is 5.23. The van der Waals surface area contributed by atoms with Crippen LogP contribution in [0.1, 0.15) is 18.9 Å². The van der Waals surface area contributed by atoms with Crippen molar-refractivity contribution in [2.24, 2.45) is 7.05 Å². The summed E-state index contributed by atoms with van der Waals surface area (Å²) in [5.74, 6) is 0.442. The lowest BCUT2D eigenvalue weighted by Crippen LogP contribution is -2.36. The zero-order valence-electron chi connectivity index (χ0n) is 13.8. The van der Waals surface area contributed by atoms with Crippen LogP contribution in [0.5, 0.6) is 0 Å². The Morgan fingerprint density at radius 1 is 1.43 bits per heavy atom. The molecule has 0 saturated carbocycles. The molecule has 23 heavy (non-hydrogen) atoms. The Kier molecular flexibility index (Phi) is 6.10. The summed E-state index contributed by atoms with van der Waals surface area (Å²) in [7, 11) is 3.45. The van der Waals surface area contributed by atoms with Gasteiger partial charge in [0.25, 0.3) is 0 Å². The van der Waals surface area contributed by atoms with E-state index in [9.17, 15) is 4.79 Å². The van der Waals surface area contributed by atoms with E-state index in [0.29, 0.717) is 25.5 Å². The number of aromatic nitrogens is 5. The highest BCUT2D eigenvalue weighted by atomic mass is 16.5. The number of amides is 2. The van der Waals surface area contributed by atoms with E-state index in [1.54, 1.807) is 33.8 Å². The van der Waals surface area contributed by atoms with Gasteiger partial charge in [-0.15, -0.1) is 5.10 Å². The Balaban J connectivity index is 1.99. The van der Waals surface area contributed by atoms with Crippen LogP contribution in [0.25, 0.3) is 0 Å². The first-order valence-electron chi connectivity index (χ1n) is 7.55. The first-order chi connectivity index (χ1) is 11.1. The topological polar surface area (TPSA) is 90.1 Å². The molecule has 9 heteroatoms. The highest BCUT2D eigenvalue weighted by Crippen LogP contribution is 2.07. The van der Waals surface area contributed by atoms with E-state index in [1.165, 1.54) is 0 Å². The van der Waals surface area contributed by atoms with E-state index in [4.69, 9.17) is 4.74 Å². The number of aryl methyl sites for hydroxylation is 2. The molecule has 0 fully saturated rings. The number of nitrogens with zero attached hydrogens (tertiary/aromatic N) is 6. The van der Waals surface area contributed by atoms with Gasteiger partial charge in [-0.2, -0.15) is 5.10 Å². The summed E-state index contributed by atoms with van der Waals surface area (Å²) in [6.45, 7) is 4.20. The number of rotatable bonds is 8. The van der Waals surface area contributed by atoms with Crippen molar-refractivity contribution in [2.75, 3.05) is 25.6 Å². The van der Waals surface area contributed by atoms with Crippen LogP contribution in [0.4, 0.5) is 10.6 Å². The molecule has 2 aromatic heterocycles. The molecule has 0 bridgehead atoms. The Labute approximate surface area is 135 Å². The molecule has 0 spiro atoms. The van der Waals surface area contributed by atoms with E-state index in [0.717, 1.165) is 18.5 Å². The fourth-order valence-electron chi connectivity index (χ4n) is 2.11. The third-order valence-corrected chi connectivity index (χ3v) is 3.21. The average Bonchev–Trinajstić information content (AvgIpc) is 3.13. The molecule has 9 nitrogen and oxygen atoms in total. The maximum absolute atomic E-state index is 12.5. The molecule has 0 aromatic carbocycles. The molecular weight excluding hydrogens is 298 g/mol. The normalized spacial score (nSPS) is 10.7. The van der Waals surface area contributed by atoms with Gasteiger partial charge in [0.1, 0.15) is 0 Å². The fourth-order valence-corrected chi connectivity index (χ4v) is 2.11. The van der Waals surface area contributed by atoms with Gasteiger partial charge in [-0.1, -0.05) is 12.1 Å². The largest absolute Gasteiger partial charge is 0.383 e. The number of nitrogens with one attached hydrogen (secondary N) is 1. The number of hydrogen-bond donors (Lipinski definition) is 1. The summed E-state index contributed by atoms with van der Waals surface area (Å²) in [5, 5.41) is 14.8. The smallest absolute Gasteiger partial charge is 0.323 e. The summed E-state index contributed by atoms with van der Waals surface area (Å²) >= 11 is 0. The molecule has 0 unspecified atom stereocenters. The van der Waals surface area contributed by atoms with Crippen LogP contribution in [-0.4, -0.2) is 56.0 Å². The molecule has 0 radical (unpaired) electrons. The molecule has 2 amide bonds. The Bertz CT molecular complexity index is 622. The summed E-state index contributed by atoms with van der Waals surface area (Å²) in [4.78, 5) is 14.1. The van der Waals surface area contributed by atoms with Crippen molar-refractivity contribution >= 4 is 11.8 Å².